The molecule has 1 rings (SSSR count). The molecule has 0 bridgehead atoms. The van der Waals surface area contributed by atoms with Crippen LogP contribution in [-0.2, 0) is 6.42 Å². The minimum absolute atomic E-state index is 0.457. The molecule has 0 heterocycles. The van der Waals surface area contributed by atoms with Crippen LogP contribution < -0.4 is 4.74 Å². The Morgan fingerprint density at radius 1 is 1.30 bits per heavy atom. The number of hydrogen-bond acceptors (Lipinski definition) is 3. The van der Waals surface area contributed by atoms with Crippen molar-refractivity contribution in [3.63, 3.8) is 0 Å². The average molecular weight is 406 g/mol. The maximum Gasteiger partial charge on any atom is 0.147 e. The largest absolute Gasteiger partial charge is 0.491 e. The Bertz CT molecular complexity index is 464. The van der Waals surface area contributed by atoms with Gasteiger partial charge in [-0.3, -0.25) is 0 Å². The predicted octanol–water partition coefficient (Wildman–Crippen LogP) is 4.39. The molecule has 0 saturated heterocycles. The molecule has 5 nitrogen and oxygen atoms in total. The fourth-order valence-electron chi connectivity index (χ4n) is 1.67. The van der Waals surface area contributed by atoms with Gasteiger partial charge in [-0.05, 0) is 82.0 Å². The van der Waals surface area contributed by atoms with Crippen molar-refractivity contribution in [2.45, 2.75) is 12.8 Å². The lowest BCUT2D eigenvalue weighted by atomic mass is 10.1. The highest BCUT2D eigenvalue weighted by molar-refractivity contribution is 9.11. The second-order valence-electron chi connectivity index (χ2n) is 4.60. The lowest BCUT2D eigenvalue weighted by Gasteiger charge is -2.13. The molecule has 0 atom stereocenters. The van der Waals surface area contributed by atoms with Crippen LogP contribution in [0.4, 0.5) is 0 Å². The topological polar surface area (TPSA) is 61.2 Å². The van der Waals surface area contributed by atoms with E-state index in [1.807, 2.05) is 26.2 Å². The number of halogens is 2. The number of rotatable bonds is 8. The van der Waals surface area contributed by atoms with Crippen molar-refractivity contribution in [2.24, 2.45) is 5.11 Å². The number of nitrogens with zero attached hydrogens (tertiary/aromatic N) is 4. The Kier molecular flexibility index (Phi) is 7.99. The van der Waals surface area contributed by atoms with Crippen LogP contribution in [0.1, 0.15) is 12.0 Å². The monoisotopic (exact) mass is 404 g/mol. The molecule has 7 heteroatoms. The molecule has 0 aromatic heterocycles. The van der Waals surface area contributed by atoms with Crippen LogP contribution in [-0.4, -0.2) is 38.7 Å². The standard InChI is InChI=1S/C13H18Br2N4O/c1-19(2)6-3-7-20-13-11(14)8-10(9-12(13)15)4-5-17-18-16/h8-9H,3-7H2,1-2H3. The van der Waals surface area contributed by atoms with E-state index in [9.17, 15) is 0 Å². The molecular formula is C13H18Br2N4O. The van der Waals surface area contributed by atoms with Gasteiger partial charge in [0.1, 0.15) is 5.75 Å². The first-order chi connectivity index (χ1) is 9.54. The van der Waals surface area contributed by atoms with Crippen molar-refractivity contribution in [1.82, 2.24) is 4.90 Å². The third-order valence-electron chi connectivity index (χ3n) is 2.62. The van der Waals surface area contributed by atoms with E-state index in [4.69, 9.17) is 10.3 Å². The van der Waals surface area contributed by atoms with E-state index >= 15 is 0 Å². The first kappa shape index (κ1) is 17.3. The molecule has 1 aromatic rings. The molecule has 0 fully saturated rings. The van der Waals surface area contributed by atoms with Gasteiger partial charge in [0.2, 0.25) is 0 Å². The summed E-state index contributed by atoms with van der Waals surface area (Å²) in [4.78, 5) is 4.88. The van der Waals surface area contributed by atoms with Crippen molar-refractivity contribution in [2.75, 3.05) is 33.8 Å². The lowest BCUT2D eigenvalue weighted by Crippen LogP contribution is -2.15. The zero-order chi connectivity index (χ0) is 15.0. The van der Waals surface area contributed by atoms with E-state index in [1.54, 1.807) is 0 Å². The number of ether oxygens (including phenoxy) is 1. The molecule has 0 aliphatic carbocycles. The highest BCUT2D eigenvalue weighted by atomic mass is 79.9. The fourth-order valence-corrected chi connectivity index (χ4v) is 3.18. The van der Waals surface area contributed by atoms with Crippen molar-refractivity contribution in [3.05, 3.63) is 37.1 Å². The summed E-state index contributed by atoms with van der Waals surface area (Å²) in [5, 5.41) is 3.54. The Morgan fingerprint density at radius 2 is 1.95 bits per heavy atom. The third kappa shape index (κ3) is 6.13. The zero-order valence-electron chi connectivity index (χ0n) is 11.6. The Morgan fingerprint density at radius 3 is 2.50 bits per heavy atom. The molecule has 0 unspecified atom stereocenters. The fraction of sp³-hybridized carbons (Fsp3) is 0.538. The van der Waals surface area contributed by atoms with Crippen LogP contribution in [0.3, 0.4) is 0 Å². The summed E-state index contributed by atoms with van der Waals surface area (Å²) in [5.74, 6) is 0.816. The van der Waals surface area contributed by atoms with Gasteiger partial charge < -0.3 is 9.64 Å². The number of azide groups is 1. The van der Waals surface area contributed by atoms with Crippen LogP contribution in [0, 0.1) is 0 Å². The van der Waals surface area contributed by atoms with Crippen LogP contribution in [0.2, 0.25) is 0 Å². The summed E-state index contributed by atoms with van der Waals surface area (Å²) in [6.07, 6.45) is 1.69. The molecule has 110 valence electrons. The molecule has 0 aliphatic rings. The molecule has 0 amide bonds. The molecule has 20 heavy (non-hydrogen) atoms. The van der Waals surface area contributed by atoms with E-state index in [-0.39, 0.29) is 0 Å². The summed E-state index contributed by atoms with van der Waals surface area (Å²) in [6.45, 7) is 2.13. The van der Waals surface area contributed by atoms with Crippen LogP contribution in [0.15, 0.2) is 26.2 Å². The highest BCUT2D eigenvalue weighted by Gasteiger charge is 2.09. The van der Waals surface area contributed by atoms with Gasteiger partial charge in [-0.2, -0.15) is 0 Å². The highest BCUT2D eigenvalue weighted by Crippen LogP contribution is 2.35. The van der Waals surface area contributed by atoms with Gasteiger partial charge in [0.15, 0.2) is 0 Å². The molecule has 0 saturated carbocycles. The van der Waals surface area contributed by atoms with Crippen molar-refractivity contribution < 1.29 is 4.74 Å². The van der Waals surface area contributed by atoms with Crippen molar-refractivity contribution in [1.29, 1.82) is 0 Å². The van der Waals surface area contributed by atoms with E-state index in [1.165, 1.54) is 0 Å². The second kappa shape index (κ2) is 9.23. The van der Waals surface area contributed by atoms with Gasteiger partial charge in [0, 0.05) is 18.0 Å². The second-order valence-corrected chi connectivity index (χ2v) is 6.31. The minimum Gasteiger partial charge on any atom is -0.491 e. The maximum atomic E-state index is 8.27. The minimum atomic E-state index is 0.457. The maximum absolute atomic E-state index is 8.27. The van der Waals surface area contributed by atoms with Gasteiger partial charge in [0.25, 0.3) is 0 Å². The van der Waals surface area contributed by atoms with Crippen molar-refractivity contribution >= 4 is 31.9 Å². The quantitative estimate of drug-likeness (QED) is 0.278. The molecular weight excluding hydrogens is 388 g/mol. The first-order valence-corrected chi connectivity index (χ1v) is 7.89. The number of hydrogen-bond donors (Lipinski definition) is 0. The van der Waals surface area contributed by atoms with E-state index in [2.05, 4.69) is 46.8 Å². The molecule has 0 N–H and O–H groups in total. The SMILES string of the molecule is CN(C)CCCOc1c(Br)cc(CCN=[N+]=[N-])cc1Br. The molecule has 0 aliphatic heterocycles. The van der Waals surface area contributed by atoms with Crippen LogP contribution in [0.25, 0.3) is 10.4 Å². The van der Waals surface area contributed by atoms with Gasteiger partial charge in [0.05, 0.1) is 15.6 Å². The molecule has 0 radical (unpaired) electrons. The smallest absolute Gasteiger partial charge is 0.147 e. The predicted molar refractivity (Wildman–Crippen MR) is 88.2 cm³/mol. The van der Waals surface area contributed by atoms with E-state index in [0.717, 1.165) is 33.2 Å². The van der Waals surface area contributed by atoms with E-state index in [0.29, 0.717) is 19.6 Å². The van der Waals surface area contributed by atoms with Gasteiger partial charge in [-0.1, -0.05) is 5.11 Å². The van der Waals surface area contributed by atoms with Crippen LogP contribution in [0.5, 0.6) is 5.75 Å². The van der Waals surface area contributed by atoms with Gasteiger partial charge in [-0.15, -0.1) is 0 Å². The Labute approximate surface area is 136 Å². The van der Waals surface area contributed by atoms with Gasteiger partial charge >= 0.3 is 0 Å². The number of benzene rings is 1. The van der Waals surface area contributed by atoms with Crippen molar-refractivity contribution in [3.8, 4) is 5.75 Å². The summed E-state index contributed by atoms with van der Waals surface area (Å²) < 4.78 is 7.62. The summed E-state index contributed by atoms with van der Waals surface area (Å²) in [7, 11) is 4.09. The third-order valence-corrected chi connectivity index (χ3v) is 3.80. The normalized spacial score (nSPS) is 10.4. The Balaban J connectivity index is 2.61. The summed E-state index contributed by atoms with van der Waals surface area (Å²) in [6, 6.07) is 4.00. The molecule has 1 aromatic carbocycles. The average Bonchev–Trinajstić information content (AvgIpc) is 2.37. The van der Waals surface area contributed by atoms with Gasteiger partial charge in [-0.25, -0.2) is 0 Å². The zero-order valence-corrected chi connectivity index (χ0v) is 14.8. The first-order valence-electron chi connectivity index (χ1n) is 6.31. The van der Waals surface area contributed by atoms with E-state index < -0.39 is 0 Å². The Hall–Kier alpha value is -0.750. The summed E-state index contributed by atoms with van der Waals surface area (Å²) in [5.41, 5.74) is 9.37. The van der Waals surface area contributed by atoms with Crippen LogP contribution >= 0.6 is 31.9 Å². The lowest BCUT2D eigenvalue weighted by molar-refractivity contribution is 0.279. The molecule has 0 spiro atoms. The summed E-state index contributed by atoms with van der Waals surface area (Å²) >= 11 is 7.04.